The van der Waals surface area contributed by atoms with E-state index in [9.17, 15) is 4.79 Å². The van der Waals surface area contributed by atoms with E-state index in [1.807, 2.05) is 53.5 Å². The Balaban J connectivity index is 1.70. The van der Waals surface area contributed by atoms with Gasteiger partial charge in [-0.15, -0.1) is 0 Å². The average Bonchev–Trinajstić information content (AvgIpc) is 3.34. The highest BCUT2D eigenvalue weighted by Crippen LogP contribution is 2.37. The molecule has 6 nitrogen and oxygen atoms in total. The summed E-state index contributed by atoms with van der Waals surface area (Å²) in [5.41, 5.74) is 3.04. The maximum absolute atomic E-state index is 11.7. The van der Waals surface area contributed by atoms with Gasteiger partial charge < -0.3 is 9.47 Å². The fraction of sp³-hybridized carbons (Fsp3) is 0.250. The highest BCUT2D eigenvalue weighted by Gasteiger charge is 2.34. The summed E-state index contributed by atoms with van der Waals surface area (Å²) < 4.78 is 10.6. The van der Waals surface area contributed by atoms with Crippen LogP contribution >= 0.6 is 11.8 Å². The van der Waals surface area contributed by atoms with Gasteiger partial charge in [0.1, 0.15) is 11.5 Å². The van der Waals surface area contributed by atoms with Gasteiger partial charge in [0.2, 0.25) is 0 Å². The number of nitrogens with zero attached hydrogens (tertiary/aromatic N) is 3. The van der Waals surface area contributed by atoms with E-state index in [2.05, 4.69) is 4.99 Å². The summed E-state index contributed by atoms with van der Waals surface area (Å²) in [5, 5.41) is 7.33. The van der Waals surface area contributed by atoms with Crippen LogP contribution in [0.3, 0.4) is 0 Å². The largest absolute Gasteiger partial charge is 0.497 e. The smallest absolute Gasteiger partial charge is 0.258 e. The number of ether oxygens (including phenoxy) is 2. The van der Waals surface area contributed by atoms with Crippen molar-refractivity contribution in [2.45, 2.75) is 12.5 Å². The molecule has 0 bridgehead atoms. The predicted molar refractivity (Wildman–Crippen MR) is 107 cm³/mol. The zero-order valence-corrected chi connectivity index (χ0v) is 15.9. The van der Waals surface area contributed by atoms with E-state index in [-0.39, 0.29) is 11.9 Å². The second kappa shape index (κ2) is 7.44. The summed E-state index contributed by atoms with van der Waals surface area (Å²) in [7, 11) is 3.30. The molecule has 0 N–H and O–H groups in total. The summed E-state index contributed by atoms with van der Waals surface area (Å²) in [4.78, 5) is 15.8. The lowest BCUT2D eigenvalue weighted by atomic mass is 9.98. The molecule has 1 atom stereocenters. The van der Waals surface area contributed by atoms with E-state index < -0.39 is 0 Å². The topological polar surface area (TPSA) is 63.5 Å². The molecule has 1 amide bonds. The fourth-order valence-corrected chi connectivity index (χ4v) is 3.95. The van der Waals surface area contributed by atoms with Crippen molar-refractivity contribution in [1.82, 2.24) is 5.01 Å². The maximum atomic E-state index is 11.7. The van der Waals surface area contributed by atoms with E-state index in [4.69, 9.17) is 14.6 Å². The second-order valence-corrected chi connectivity index (χ2v) is 7.14. The number of rotatable bonds is 4. The standard InChI is InChI=1S/C20H19N3O3S/c1-25-15-8-6-13(7-9-15)18-11-17(14-4-3-5-16(10-14)26-2)22-23(18)20-21-19(24)12-27-20/h3-10,18H,11-12H2,1-2H3. The van der Waals surface area contributed by atoms with Crippen molar-refractivity contribution in [3.05, 3.63) is 59.7 Å². The summed E-state index contributed by atoms with van der Waals surface area (Å²) in [6, 6.07) is 15.8. The number of thioether (sulfide) groups is 1. The van der Waals surface area contributed by atoms with Crippen LogP contribution in [0.1, 0.15) is 23.6 Å². The third-order valence-corrected chi connectivity index (χ3v) is 5.48. The highest BCUT2D eigenvalue weighted by molar-refractivity contribution is 8.14. The molecule has 2 heterocycles. The number of amides is 1. The van der Waals surface area contributed by atoms with Gasteiger partial charge in [-0.1, -0.05) is 36.0 Å². The van der Waals surface area contributed by atoms with Crippen LogP contribution in [0.4, 0.5) is 0 Å². The maximum Gasteiger partial charge on any atom is 0.258 e. The van der Waals surface area contributed by atoms with Crippen molar-refractivity contribution in [3.63, 3.8) is 0 Å². The van der Waals surface area contributed by atoms with Crippen molar-refractivity contribution in [2.24, 2.45) is 10.1 Å². The van der Waals surface area contributed by atoms with Crippen molar-refractivity contribution in [1.29, 1.82) is 0 Å². The Hall–Kier alpha value is -2.80. The first kappa shape index (κ1) is 17.6. The molecule has 0 aromatic heterocycles. The first-order chi connectivity index (χ1) is 13.2. The molecule has 0 saturated carbocycles. The third kappa shape index (κ3) is 3.55. The van der Waals surface area contributed by atoms with Crippen LogP contribution in [-0.4, -0.2) is 41.8 Å². The number of hydrogen-bond donors (Lipinski definition) is 0. The quantitative estimate of drug-likeness (QED) is 0.811. The van der Waals surface area contributed by atoms with Gasteiger partial charge in [-0.2, -0.15) is 10.1 Å². The van der Waals surface area contributed by atoms with Gasteiger partial charge in [-0.05, 0) is 29.8 Å². The molecular formula is C20H19N3O3S. The number of carbonyl (C=O) groups is 1. The van der Waals surface area contributed by atoms with Gasteiger partial charge in [-0.3, -0.25) is 4.79 Å². The van der Waals surface area contributed by atoms with Gasteiger partial charge in [0.05, 0.1) is 31.7 Å². The van der Waals surface area contributed by atoms with Crippen molar-refractivity contribution >= 4 is 28.5 Å². The Morgan fingerprint density at radius 1 is 1.07 bits per heavy atom. The van der Waals surface area contributed by atoms with Crippen molar-refractivity contribution in [2.75, 3.05) is 20.0 Å². The molecule has 0 aliphatic carbocycles. The molecule has 0 spiro atoms. The van der Waals surface area contributed by atoms with Crippen LogP contribution in [0.5, 0.6) is 11.5 Å². The molecule has 2 aliphatic rings. The summed E-state index contributed by atoms with van der Waals surface area (Å²) >= 11 is 1.43. The summed E-state index contributed by atoms with van der Waals surface area (Å²) in [6.45, 7) is 0. The first-order valence-corrected chi connectivity index (χ1v) is 9.56. The Kier molecular flexibility index (Phi) is 4.85. The van der Waals surface area contributed by atoms with Crippen LogP contribution in [0.2, 0.25) is 0 Å². The lowest BCUT2D eigenvalue weighted by Crippen LogP contribution is -2.23. The minimum Gasteiger partial charge on any atom is -0.497 e. The Labute approximate surface area is 161 Å². The van der Waals surface area contributed by atoms with E-state index >= 15 is 0 Å². The van der Waals surface area contributed by atoms with Gasteiger partial charge in [-0.25, -0.2) is 5.01 Å². The molecule has 0 fully saturated rings. The summed E-state index contributed by atoms with van der Waals surface area (Å²) in [6.07, 6.45) is 0.716. The van der Waals surface area contributed by atoms with E-state index in [1.54, 1.807) is 14.2 Å². The molecule has 2 aliphatic heterocycles. The molecule has 4 rings (SSSR count). The Morgan fingerprint density at radius 3 is 2.52 bits per heavy atom. The second-order valence-electron chi connectivity index (χ2n) is 6.19. The SMILES string of the molecule is COc1ccc(C2CC(c3cccc(OC)c3)=NN2C2=NC(=O)CS2)cc1. The Morgan fingerprint density at radius 2 is 1.85 bits per heavy atom. The van der Waals surface area contributed by atoms with E-state index in [1.165, 1.54) is 11.8 Å². The van der Waals surface area contributed by atoms with Crippen LogP contribution in [0.15, 0.2) is 58.6 Å². The van der Waals surface area contributed by atoms with Gasteiger partial charge in [0, 0.05) is 12.0 Å². The number of methoxy groups -OCH3 is 2. The molecule has 0 radical (unpaired) electrons. The normalized spacial score (nSPS) is 19.1. The number of carbonyl (C=O) groups excluding carboxylic acids is 1. The minimum atomic E-state index is -0.117. The van der Waals surface area contributed by atoms with Crippen LogP contribution < -0.4 is 9.47 Å². The van der Waals surface area contributed by atoms with Crippen molar-refractivity contribution < 1.29 is 14.3 Å². The molecule has 138 valence electrons. The van der Waals surface area contributed by atoms with Gasteiger partial charge in [0.15, 0.2) is 5.17 Å². The lowest BCUT2D eigenvalue weighted by Gasteiger charge is -2.22. The molecule has 2 aromatic rings. The number of aliphatic imine (C=N–C) groups is 1. The van der Waals surface area contributed by atoms with Crippen LogP contribution in [0, 0.1) is 0 Å². The molecule has 0 saturated heterocycles. The number of benzene rings is 2. The minimum absolute atomic E-state index is 0.0192. The van der Waals surface area contributed by atoms with Crippen molar-refractivity contribution in [3.8, 4) is 11.5 Å². The monoisotopic (exact) mass is 381 g/mol. The molecule has 27 heavy (non-hydrogen) atoms. The average molecular weight is 381 g/mol. The zero-order chi connectivity index (χ0) is 18.8. The molecule has 7 heteroatoms. The number of hydrogen-bond acceptors (Lipinski definition) is 6. The predicted octanol–water partition coefficient (Wildman–Crippen LogP) is 3.48. The Bertz CT molecular complexity index is 924. The van der Waals surface area contributed by atoms with E-state index in [0.717, 1.165) is 28.3 Å². The molecular weight excluding hydrogens is 362 g/mol. The van der Waals surface area contributed by atoms with Gasteiger partial charge in [0.25, 0.3) is 5.91 Å². The first-order valence-electron chi connectivity index (χ1n) is 8.57. The third-order valence-electron chi connectivity index (χ3n) is 4.55. The van der Waals surface area contributed by atoms with Crippen LogP contribution in [0.25, 0.3) is 0 Å². The van der Waals surface area contributed by atoms with Gasteiger partial charge >= 0.3 is 0 Å². The number of hydrazone groups is 1. The summed E-state index contributed by atoms with van der Waals surface area (Å²) in [5.74, 6) is 1.84. The molecule has 1 unspecified atom stereocenters. The highest BCUT2D eigenvalue weighted by atomic mass is 32.2. The van der Waals surface area contributed by atoms with E-state index in [0.29, 0.717) is 17.3 Å². The zero-order valence-electron chi connectivity index (χ0n) is 15.1. The van der Waals surface area contributed by atoms with Crippen LogP contribution in [-0.2, 0) is 4.79 Å². The number of amidine groups is 1. The lowest BCUT2D eigenvalue weighted by molar-refractivity contribution is -0.115. The molecule has 2 aromatic carbocycles. The fourth-order valence-electron chi connectivity index (χ4n) is 3.16.